The number of carboxylic acid groups (broad SMARTS) is 1. The number of phenols is 1. The van der Waals surface area contributed by atoms with Crippen LogP contribution in [0, 0.1) is 0 Å². The van der Waals surface area contributed by atoms with Crippen LogP contribution in [-0.4, -0.2) is 22.1 Å². The lowest BCUT2D eigenvalue weighted by Crippen LogP contribution is -2.33. The zero-order valence-corrected chi connectivity index (χ0v) is 10.5. The number of hydrogen-bond acceptors (Lipinski definition) is 3. The topological polar surface area (TPSA) is 86.6 Å². The van der Waals surface area contributed by atoms with Crippen molar-refractivity contribution in [2.24, 2.45) is 0 Å². The fraction of sp³-hybridized carbons (Fsp3) is 0.0667. The molecule has 1 unspecified atom stereocenters. The van der Waals surface area contributed by atoms with Crippen molar-refractivity contribution in [3.8, 4) is 5.75 Å². The van der Waals surface area contributed by atoms with E-state index in [1.54, 1.807) is 30.3 Å². The fourth-order valence-corrected chi connectivity index (χ4v) is 1.76. The van der Waals surface area contributed by atoms with E-state index in [0.29, 0.717) is 11.1 Å². The second-order valence-electron chi connectivity index (χ2n) is 4.20. The zero-order valence-electron chi connectivity index (χ0n) is 10.5. The number of carbonyl (C=O) groups excluding carboxylic acids is 1. The van der Waals surface area contributed by atoms with Crippen molar-refractivity contribution in [2.75, 3.05) is 0 Å². The third kappa shape index (κ3) is 3.14. The molecule has 0 saturated heterocycles. The number of carbonyl (C=O) groups is 2. The van der Waals surface area contributed by atoms with Crippen molar-refractivity contribution in [3.05, 3.63) is 65.7 Å². The number of nitrogens with one attached hydrogen (secondary N) is 1. The minimum absolute atomic E-state index is 0.0345. The van der Waals surface area contributed by atoms with Crippen LogP contribution in [0.3, 0.4) is 0 Å². The fourth-order valence-electron chi connectivity index (χ4n) is 1.76. The first-order valence-electron chi connectivity index (χ1n) is 5.95. The third-order valence-electron chi connectivity index (χ3n) is 2.78. The lowest BCUT2D eigenvalue weighted by molar-refractivity contribution is -0.139. The van der Waals surface area contributed by atoms with Gasteiger partial charge in [0.2, 0.25) is 0 Å². The van der Waals surface area contributed by atoms with Gasteiger partial charge in [0.1, 0.15) is 5.75 Å². The van der Waals surface area contributed by atoms with Crippen LogP contribution in [0.15, 0.2) is 54.6 Å². The average Bonchev–Trinajstić information content (AvgIpc) is 2.46. The van der Waals surface area contributed by atoms with E-state index in [4.69, 9.17) is 0 Å². The molecule has 3 N–H and O–H groups in total. The molecule has 20 heavy (non-hydrogen) atoms. The van der Waals surface area contributed by atoms with Gasteiger partial charge in [-0.3, -0.25) is 4.79 Å². The summed E-state index contributed by atoms with van der Waals surface area (Å²) in [6.07, 6.45) is 0. The second kappa shape index (κ2) is 5.88. The van der Waals surface area contributed by atoms with Gasteiger partial charge in [-0.2, -0.15) is 0 Å². The smallest absolute Gasteiger partial charge is 0.330 e. The molecule has 2 aromatic carbocycles. The molecule has 0 heterocycles. The van der Waals surface area contributed by atoms with E-state index in [9.17, 15) is 19.8 Å². The summed E-state index contributed by atoms with van der Waals surface area (Å²) >= 11 is 0. The van der Waals surface area contributed by atoms with Gasteiger partial charge in [-0.05, 0) is 29.8 Å². The predicted molar refractivity (Wildman–Crippen MR) is 72.4 cm³/mol. The van der Waals surface area contributed by atoms with E-state index in [0.717, 1.165) is 0 Å². The number of rotatable bonds is 4. The van der Waals surface area contributed by atoms with Crippen LogP contribution in [0.25, 0.3) is 0 Å². The quantitative estimate of drug-likeness (QED) is 0.793. The van der Waals surface area contributed by atoms with Gasteiger partial charge in [-0.1, -0.05) is 30.3 Å². The molecule has 0 saturated carbocycles. The Kier molecular flexibility index (Phi) is 4.00. The third-order valence-corrected chi connectivity index (χ3v) is 2.78. The maximum atomic E-state index is 12.0. The van der Waals surface area contributed by atoms with E-state index < -0.39 is 17.9 Å². The average molecular weight is 271 g/mol. The standard InChI is InChI=1S/C15H13NO4/c17-12-8-6-10(7-9-12)13(15(19)20)16-14(18)11-4-2-1-3-5-11/h1-9,13,17H,(H,16,18)(H,19,20). The van der Waals surface area contributed by atoms with E-state index in [-0.39, 0.29) is 5.75 Å². The van der Waals surface area contributed by atoms with Crippen molar-refractivity contribution in [1.82, 2.24) is 5.32 Å². The van der Waals surface area contributed by atoms with Gasteiger partial charge in [-0.25, -0.2) is 4.79 Å². The summed E-state index contributed by atoms with van der Waals surface area (Å²) in [5, 5.41) is 20.9. The number of hydrogen-bond donors (Lipinski definition) is 3. The van der Waals surface area contributed by atoms with Gasteiger partial charge in [-0.15, -0.1) is 0 Å². The molecule has 1 amide bonds. The maximum absolute atomic E-state index is 12.0. The van der Waals surface area contributed by atoms with Crippen molar-refractivity contribution in [3.63, 3.8) is 0 Å². The molecule has 2 aromatic rings. The summed E-state index contributed by atoms with van der Waals surface area (Å²) in [7, 11) is 0. The molecule has 1 atom stereocenters. The first-order valence-corrected chi connectivity index (χ1v) is 5.95. The van der Waals surface area contributed by atoms with Crippen LogP contribution in [0.5, 0.6) is 5.75 Å². The highest BCUT2D eigenvalue weighted by molar-refractivity contribution is 5.96. The zero-order chi connectivity index (χ0) is 14.5. The Bertz CT molecular complexity index is 608. The Morgan fingerprint density at radius 1 is 0.950 bits per heavy atom. The van der Waals surface area contributed by atoms with E-state index in [1.165, 1.54) is 24.3 Å². The molecular weight excluding hydrogens is 258 g/mol. The van der Waals surface area contributed by atoms with Crippen LogP contribution in [0.4, 0.5) is 0 Å². The molecule has 0 bridgehead atoms. The van der Waals surface area contributed by atoms with Crippen LogP contribution in [0.2, 0.25) is 0 Å². The molecule has 2 rings (SSSR count). The van der Waals surface area contributed by atoms with Gasteiger partial charge in [0.05, 0.1) is 0 Å². The number of carboxylic acids is 1. The Labute approximate surface area is 115 Å². The lowest BCUT2D eigenvalue weighted by atomic mass is 10.1. The molecule has 0 aliphatic carbocycles. The molecule has 5 nitrogen and oxygen atoms in total. The van der Waals surface area contributed by atoms with Gasteiger partial charge < -0.3 is 15.5 Å². The van der Waals surface area contributed by atoms with Crippen LogP contribution in [-0.2, 0) is 4.79 Å². The van der Waals surface area contributed by atoms with E-state index >= 15 is 0 Å². The number of amides is 1. The Hall–Kier alpha value is -2.82. The number of phenolic OH excluding ortho intramolecular Hbond substituents is 1. The highest BCUT2D eigenvalue weighted by Gasteiger charge is 2.22. The van der Waals surface area contributed by atoms with Crippen molar-refractivity contribution in [1.29, 1.82) is 0 Å². The van der Waals surface area contributed by atoms with Crippen LogP contribution >= 0.6 is 0 Å². The lowest BCUT2D eigenvalue weighted by Gasteiger charge is -2.15. The molecule has 0 aliphatic rings. The van der Waals surface area contributed by atoms with E-state index in [1.807, 2.05) is 0 Å². The van der Waals surface area contributed by atoms with Crippen molar-refractivity contribution < 1.29 is 19.8 Å². The summed E-state index contributed by atoms with van der Waals surface area (Å²) < 4.78 is 0. The summed E-state index contributed by atoms with van der Waals surface area (Å²) in [5.41, 5.74) is 0.775. The minimum Gasteiger partial charge on any atom is -0.508 e. The first kappa shape index (κ1) is 13.6. The Morgan fingerprint density at radius 2 is 1.55 bits per heavy atom. The van der Waals surface area contributed by atoms with Crippen molar-refractivity contribution in [2.45, 2.75) is 6.04 Å². The summed E-state index contributed by atoms with van der Waals surface area (Å²) in [6.45, 7) is 0. The molecule has 102 valence electrons. The van der Waals surface area contributed by atoms with Crippen molar-refractivity contribution >= 4 is 11.9 Å². The molecular formula is C15H13NO4. The highest BCUT2D eigenvalue weighted by Crippen LogP contribution is 2.17. The largest absolute Gasteiger partial charge is 0.508 e. The van der Waals surface area contributed by atoms with Crippen LogP contribution < -0.4 is 5.32 Å². The first-order chi connectivity index (χ1) is 9.58. The Balaban J connectivity index is 2.20. The minimum atomic E-state index is -1.17. The summed E-state index contributed by atoms with van der Waals surface area (Å²) in [5.74, 6) is -1.60. The molecule has 0 fully saturated rings. The number of aromatic hydroxyl groups is 1. The predicted octanol–water partition coefficient (Wildman–Crippen LogP) is 1.95. The normalized spacial score (nSPS) is 11.6. The van der Waals surface area contributed by atoms with Crippen LogP contribution in [0.1, 0.15) is 22.0 Å². The maximum Gasteiger partial charge on any atom is 0.330 e. The number of aliphatic carboxylic acids is 1. The van der Waals surface area contributed by atoms with Gasteiger partial charge in [0.15, 0.2) is 6.04 Å². The molecule has 5 heteroatoms. The summed E-state index contributed by atoms with van der Waals surface area (Å²) in [6, 6.07) is 12.9. The van der Waals surface area contributed by atoms with E-state index in [2.05, 4.69) is 5.32 Å². The van der Waals surface area contributed by atoms with Gasteiger partial charge in [0.25, 0.3) is 5.91 Å². The molecule has 0 radical (unpaired) electrons. The molecule has 0 aromatic heterocycles. The number of benzene rings is 2. The SMILES string of the molecule is O=C(NC(C(=O)O)c1ccc(O)cc1)c1ccccc1. The Morgan fingerprint density at radius 3 is 2.10 bits per heavy atom. The monoisotopic (exact) mass is 271 g/mol. The second-order valence-corrected chi connectivity index (χ2v) is 4.20. The van der Waals surface area contributed by atoms with Gasteiger partial charge >= 0.3 is 5.97 Å². The molecule has 0 aliphatic heterocycles. The molecule has 0 spiro atoms. The highest BCUT2D eigenvalue weighted by atomic mass is 16.4. The summed E-state index contributed by atoms with van der Waals surface area (Å²) in [4.78, 5) is 23.3. The van der Waals surface area contributed by atoms with Gasteiger partial charge in [0, 0.05) is 5.56 Å².